The van der Waals surface area contributed by atoms with Crippen molar-refractivity contribution >= 4 is 22.7 Å². The molecule has 0 atom stereocenters. The molecule has 0 aliphatic carbocycles. The highest BCUT2D eigenvalue weighted by atomic mass is 16.5. The Bertz CT molecular complexity index is 419. The second-order valence-electron chi connectivity index (χ2n) is 3.49. The summed E-state index contributed by atoms with van der Waals surface area (Å²) in [6.07, 6.45) is 0. The van der Waals surface area contributed by atoms with Gasteiger partial charge in [0.1, 0.15) is 0 Å². The maximum atomic E-state index is 9.93. The Morgan fingerprint density at radius 1 is 0.688 bits per heavy atom. The molecule has 0 amide bonds. The summed E-state index contributed by atoms with van der Waals surface area (Å²) in [4.78, 5) is 0. The van der Waals surface area contributed by atoms with E-state index in [0.29, 0.717) is 22.7 Å². The van der Waals surface area contributed by atoms with Crippen LogP contribution in [-0.4, -0.2) is 5.21 Å². The van der Waals surface area contributed by atoms with Crippen molar-refractivity contribution in [3.8, 4) is 0 Å². The Morgan fingerprint density at radius 2 is 1.00 bits per heavy atom. The van der Waals surface area contributed by atoms with E-state index >= 15 is 0 Å². The molecule has 0 aromatic heterocycles. The summed E-state index contributed by atoms with van der Waals surface area (Å²) >= 11 is 0. The van der Waals surface area contributed by atoms with Crippen molar-refractivity contribution in [1.82, 2.24) is 0 Å². The summed E-state index contributed by atoms with van der Waals surface area (Å²) in [5.41, 5.74) is 13.8. The summed E-state index contributed by atoms with van der Waals surface area (Å²) in [6.45, 7) is 0. The fourth-order valence-electron chi connectivity index (χ4n) is 1.38. The van der Waals surface area contributed by atoms with Crippen LogP contribution in [0.2, 0.25) is 0 Å². The van der Waals surface area contributed by atoms with Crippen LogP contribution in [0.25, 0.3) is 0 Å². The Labute approximate surface area is 93.7 Å². The number of nitrogens with two attached hydrogens (primary N) is 2. The van der Waals surface area contributed by atoms with Gasteiger partial charge in [-0.3, -0.25) is 5.21 Å². The predicted octanol–water partition coefficient (Wildman–Crippen LogP) is 2.38. The van der Waals surface area contributed by atoms with Crippen LogP contribution in [0.15, 0.2) is 48.5 Å². The van der Waals surface area contributed by atoms with Gasteiger partial charge in [0.15, 0.2) is 0 Å². The summed E-state index contributed by atoms with van der Waals surface area (Å²) in [5, 5.41) is 11.0. The smallest absolute Gasteiger partial charge is 0.0694 e. The molecule has 16 heavy (non-hydrogen) atoms. The molecule has 5 N–H and O–H groups in total. The van der Waals surface area contributed by atoms with Gasteiger partial charge in [0.2, 0.25) is 0 Å². The molecule has 0 saturated heterocycles. The van der Waals surface area contributed by atoms with Gasteiger partial charge in [-0.25, -0.2) is 5.06 Å². The van der Waals surface area contributed by atoms with Crippen LogP contribution in [0, 0.1) is 0 Å². The fourth-order valence-corrected chi connectivity index (χ4v) is 1.38. The SMILES string of the molecule is Nc1ccc(N(O)c2ccc(N)cc2)cc1. The van der Waals surface area contributed by atoms with E-state index in [1.807, 2.05) is 0 Å². The van der Waals surface area contributed by atoms with E-state index in [1.165, 1.54) is 0 Å². The number of hydrogen-bond donors (Lipinski definition) is 3. The van der Waals surface area contributed by atoms with E-state index in [4.69, 9.17) is 11.5 Å². The van der Waals surface area contributed by atoms with Crippen LogP contribution in [0.4, 0.5) is 22.7 Å². The quantitative estimate of drug-likeness (QED) is 0.531. The van der Waals surface area contributed by atoms with E-state index in [0.717, 1.165) is 5.06 Å². The average molecular weight is 215 g/mol. The molecule has 0 radical (unpaired) electrons. The number of nitrogen functional groups attached to an aromatic ring is 2. The average Bonchev–Trinajstić information content (AvgIpc) is 2.30. The molecule has 0 fully saturated rings. The van der Waals surface area contributed by atoms with E-state index < -0.39 is 0 Å². The molecule has 0 unspecified atom stereocenters. The van der Waals surface area contributed by atoms with Crippen molar-refractivity contribution in [2.24, 2.45) is 0 Å². The van der Waals surface area contributed by atoms with Crippen molar-refractivity contribution in [2.75, 3.05) is 16.5 Å². The molecule has 2 aromatic carbocycles. The van der Waals surface area contributed by atoms with Crippen molar-refractivity contribution < 1.29 is 5.21 Å². The fraction of sp³-hybridized carbons (Fsp3) is 0. The largest absolute Gasteiger partial charge is 0.399 e. The summed E-state index contributed by atoms with van der Waals surface area (Å²) in [5.74, 6) is 0. The first-order chi connectivity index (χ1) is 7.66. The van der Waals surface area contributed by atoms with Crippen LogP contribution in [0.1, 0.15) is 0 Å². The van der Waals surface area contributed by atoms with Gasteiger partial charge >= 0.3 is 0 Å². The van der Waals surface area contributed by atoms with Crippen LogP contribution < -0.4 is 16.5 Å². The lowest BCUT2D eigenvalue weighted by Crippen LogP contribution is -2.10. The zero-order valence-electron chi connectivity index (χ0n) is 8.67. The van der Waals surface area contributed by atoms with Gasteiger partial charge in [-0.05, 0) is 48.5 Å². The monoisotopic (exact) mass is 215 g/mol. The van der Waals surface area contributed by atoms with Gasteiger partial charge in [0.05, 0.1) is 11.4 Å². The second-order valence-corrected chi connectivity index (χ2v) is 3.49. The van der Waals surface area contributed by atoms with Crippen LogP contribution in [0.3, 0.4) is 0 Å². The minimum atomic E-state index is 0.652. The molecule has 0 bridgehead atoms. The van der Waals surface area contributed by atoms with Gasteiger partial charge in [-0.2, -0.15) is 0 Å². The zero-order chi connectivity index (χ0) is 11.5. The Morgan fingerprint density at radius 3 is 1.31 bits per heavy atom. The van der Waals surface area contributed by atoms with Crippen molar-refractivity contribution in [2.45, 2.75) is 0 Å². The minimum absolute atomic E-state index is 0.652. The number of nitrogens with zero attached hydrogens (tertiary/aromatic N) is 1. The van der Waals surface area contributed by atoms with Crippen LogP contribution in [0.5, 0.6) is 0 Å². The molecular formula is C12H13N3O. The first-order valence-electron chi connectivity index (χ1n) is 4.87. The highest BCUT2D eigenvalue weighted by Crippen LogP contribution is 2.24. The third kappa shape index (κ3) is 2.07. The van der Waals surface area contributed by atoms with Gasteiger partial charge in [0.25, 0.3) is 0 Å². The number of hydrogen-bond acceptors (Lipinski definition) is 4. The van der Waals surface area contributed by atoms with E-state index in [9.17, 15) is 5.21 Å². The minimum Gasteiger partial charge on any atom is -0.399 e. The Kier molecular flexibility index (Phi) is 2.66. The number of anilines is 4. The van der Waals surface area contributed by atoms with Crippen molar-refractivity contribution in [1.29, 1.82) is 0 Å². The second kappa shape index (κ2) is 4.12. The topological polar surface area (TPSA) is 75.5 Å². The Hall–Kier alpha value is -2.20. The first kappa shape index (κ1) is 10.3. The molecule has 2 aromatic rings. The normalized spacial score (nSPS) is 10.1. The van der Waals surface area contributed by atoms with Gasteiger partial charge < -0.3 is 11.5 Å². The number of rotatable bonds is 2. The molecule has 4 nitrogen and oxygen atoms in total. The lowest BCUT2D eigenvalue weighted by Gasteiger charge is -2.17. The summed E-state index contributed by atoms with van der Waals surface area (Å²) < 4.78 is 0. The molecule has 0 aliphatic rings. The van der Waals surface area contributed by atoms with Crippen LogP contribution >= 0.6 is 0 Å². The highest BCUT2D eigenvalue weighted by Gasteiger charge is 2.04. The maximum absolute atomic E-state index is 9.93. The van der Waals surface area contributed by atoms with E-state index in [-0.39, 0.29) is 0 Å². The Balaban J connectivity index is 2.28. The van der Waals surface area contributed by atoms with Crippen molar-refractivity contribution in [3.63, 3.8) is 0 Å². The third-order valence-corrected chi connectivity index (χ3v) is 2.28. The molecule has 82 valence electrons. The lowest BCUT2D eigenvalue weighted by molar-refractivity contribution is 0.301. The molecule has 2 rings (SSSR count). The van der Waals surface area contributed by atoms with Crippen LogP contribution in [-0.2, 0) is 0 Å². The summed E-state index contributed by atoms with van der Waals surface area (Å²) in [6, 6.07) is 13.9. The third-order valence-electron chi connectivity index (χ3n) is 2.28. The number of benzene rings is 2. The molecule has 0 heterocycles. The first-order valence-corrected chi connectivity index (χ1v) is 4.87. The van der Waals surface area contributed by atoms with E-state index in [2.05, 4.69) is 0 Å². The molecule has 0 saturated carbocycles. The van der Waals surface area contributed by atoms with Gasteiger partial charge in [0, 0.05) is 11.4 Å². The maximum Gasteiger partial charge on any atom is 0.0694 e. The molecular weight excluding hydrogens is 202 g/mol. The van der Waals surface area contributed by atoms with E-state index in [1.54, 1.807) is 48.5 Å². The summed E-state index contributed by atoms with van der Waals surface area (Å²) in [7, 11) is 0. The zero-order valence-corrected chi connectivity index (χ0v) is 8.67. The standard InChI is InChI=1S/C12H13N3O/c13-9-1-5-11(6-2-9)15(16)12-7-3-10(14)4-8-12/h1-8,16H,13-14H2. The molecule has 4 heteroatoms. The lowest BCUT2D eigenvalue weighted by atomic mass is 10.2. The van der Waals surface area contributed by atoms with Gasteiger partial charge in [-0.1, -0.05) is 0 Å². The van der Waals surface area contributed by atoms with Crippen molar-refractivity contribution in [3.05, 3.63) is 48.5 Å². The molecule has 0 spiro atoms. The molecule has 0 aliphatic heterocycles. The van der Waals surface area contributed by atoms with Gasteiger partial charge in [-0.15, -0.1) is 0 Å². The predicted molar refractivity (Wildman–Crippen MR) is 65.6 cm³/mol. The highest BCUT2D eigenvalue weighted by molar-refractivity contribution is 5.63.